The average Bonchev–Trinajstić information content (AvgIpc) is 2.35. The van der Waals surface area contributed by atoms with Gasteiger partial charge in [-0.15, -0.1) is 0 Å². The summed E-state index contributed by atoms with van der Waals surface area (Å²) >= 11 is 0. The molecule has 2 rings (SSSR count). The monoisotopic (exact) mass is 243 g/mol. The van der Waals surface area contributed by atoms with Crippen molar-refractivity contribution in [2.24, 2.45) is 5.73 Å². The van der Waals surface area contributed by atoms with Gasteiger partial charge in [0.25, 0.3) is 0 Å². The van der Waals surface area contributed by atoms with Crippen molar-refractivity contribution in [2.75, 3.05) is 6.54 Å². The normalized spacial score (nSPS) is 10.6. The predicted octanol–water partition coefficient (Wildman–Crippen LogP) is 3.23. The summed E-state index contributed by atoms with van der Waals surface area (Å²) in [6.07, 6.45) is 1.73. The molecule has 0 spiro atoms. The molecular formula is C16H18FN. The topological polar surface area (TPSA) is 26.0 Å². The van der Waals surface area contributed by atoms with Gasteiger partial charge in [0.05, 0.1) is 0 Å². The van der Waals surface area contributed by atoms with Crippen molar-refractivity contribution in [1.29, 1.82) is 0 Å². The standard InChI is InChI=1S/C16H18FN/c1-12-9-15(5-6-16(12)17)11-14-4-2-3-13(10-14)7-8-18/h2-6,9-10H,7-8,11,18H2,1H3. The maximum Gasteiger partial charge on any atom is 0.126 e. The first-order valence-corrected chi connectivity index (χ1v) is 6.22. The molecule has 1 nitrogen and oxygen atoms in total. The van der Waals surface area contributed by atoms with Crippen LogP contribution in [0.25, 0.3) is 0 Å². The molecule has 0 aliphatic carbocycles. The summed E-state index contributed by atoms with van der Waals surface area (Å²) in [6, 6.07) is 13.7. The van der Waals surface area contributed by atoms with E-state index in [1.165, 1.54) is 17.2 Å². The second-order valence-electron chi connectivity index (χ2n) is 4.62. The van der Waals surface area contributed by atoms with Gasteiger partial charge in [0.2, 0.25) is 0 Å². The van der Waals surface area contributed by atoms with Crippen molar-refractivity contribution in [1.82, 2.24) is 0 Å². The summed E-state index contributed by atoms with van der Waals surface area (Å²) in [5.74, 6) is -0.143. The highest BCUT2D eigenvalue weighted by Gasteiger charge is 2.01. The van der Waals surface area contributed by atoms with Gasteiger partial charge < -0.3 is 5.73 Å². The number of aryl methyl sites for hydroxylation is 1. The Bertz CT molecular complexity index is 534. The Morgan fingerprint density at radius 2 is 1.72 bits per heavy atom. The van der Waals surface area contributed by atoms with Crippen molar-refractivity contribution in [2.45, 2.75) is 19.8 Å². The molecule has 0 saturated carbocycles. The molecule has 0 atom stereocenters. The Morgan fingerprint density at radius 1 is 1.00 bits per heavy atom. The zero-order valence-corrected chi connectivity index (χ0v) is 10.6. The van der Waals surface area contributed by atoms with E-state index in [-0.39, 0.29) is 5.82 Å². The van der Waals surface area contributed by atoms with Gasteiger partial charge in [-0.05, 0) is 54.6 Å². The minimum Gasteiger partial charge on any atom is -0.330 e. The minimum atomic E-state index is -0.143. The molecule has 2 N–H and O–H groups in total. The molecule has 2 aromatic rings. The van der Waals surface area contributed by atoms with E-state index in [0.29, 0.717) is 12.1 Å². The van der Waals surface area contributed by atoms with Crippen molar-refractivity contribution >= 4 is 0 Å². The van der Waals surface area contributed by atoms with Crippen LogP contribution in [0.3, 0.4) is 0 Å². The zero-order valence-electron chi connectivity index (χ0n) is 10.6. The molecule has 0 saturated heterocycles. The van der Waals surface area contributed by atoms with Crippen LogP contribution in [-0.2, 0) is 12.8 Å². The number of rotatable bonds is 4. The van der Waals surface area contributed by atoms with Crippen LogP contribution in [0.15, 0.2) is 42.5 Å². The fourth-order valence-electron chi connectivity index (χ4n) is 2.11. The average molecular weight is 243 g/mol. The van der Waals surface area contributed by atoms with Crippen molar-refractivity contribution in [3.8, 4) is 0 Å². The van der Waals surface area contributed by atoms with Gasteiger partial charge in [-0.25, -0.2) is 4.39 Å². The molecule has 0 unspecified atom stereocenters. The maximum absolute atomic E-state index is 13.2. The fraction of sp³-hybridized carbons (Fsp3) is 0.250. The van der Waals surface area contributed by atoms with Crippen LogP contribution in [-0.4, -0.2) is 6.54 Å². The summed E-state index contributed by atoms with van der Waals surface area (Å²) in [7, 11) is 0. The molecule has 94 valence electrons. The first-order valence-electron chi connectivity index (χ1n) is 6.22. The highest BCUT2D eigenvalue weighted by Crippen LogP contribution is 2.15. The predicted molar refractivity (Wildman–Crippen MR) is 73.1 cm³/mol. The highest BCUT2D eigenvalue weighted by atomic mass is 19.1. The Kier molecular flexibility index (Phi) is 4.11. The maximum atomic E-state index is 13.2. The lowest BCUT2D eigenvalue weighted by Crippen LogP contribution is -2.03. The molecule has 0 heterocycles. The Morgan fingerprint density at radius 3 is 2.44 bits per heavy atom. The Hall–Kier alpha value is -1.67. The van der Waals surface area contributed by atoms with Gasteiger partial charge in [0.1, 0.15) is 5.82 Å². The second kappa shape index (κ2) is 5.78. The zero-order chi connectivity index (χ0) is 13.0. The van der Waals surface area contributed by atoms with Gasteiger partial charge in [0.15, 0.2) is 0 Å². The lowest BCUT2D eigenvalue weighted by molar-refractivity contribution is 0.618. The lowest BCUT2D eigenvalue weighted by Gasteiger charge is -2.06. The molecule has 2 aromatic carbocycles. The molecule has 18 heavy (non-hydrogen) atoms. The summed E-state index contributed by atoms with van der Waals surface area (Å²) < 4.78 is 13.2. The molecule has 0 aliphatic heterocycles. The lowest BCUT2D eigenvalue weighted by atomic mass is 10.0. The van der Waals surface area contributed by atoms with E-state index in [1.807, 2.05) is 12.1 Å². The number of halogens is 1. The van der Waals surface area contributed by atoms with E-state index in [2.05, 4.69) is 24.3 Å². The van der Waals surface area contributed by atoms with Gasteiger partial charge >= 0.3 is 0 Å². The highest BCUT2D eigenvalue weighted by molar-refractivity contribution is 5.32. The summed E-state index contributed by atoms with van der Waals surface area (Å²) in [5, 5.41) is 0. The molecule has 0 fully saturated rings. The van der Waals surface area contributed by atoms with E-state index >= 15 is 0 Å². The molecular weight excluding hydrogens is 225 g/mol. The number of nitrogens with two attached hydrogens (primary N) is 1. The van der Waals surface area contributed by atoms with E-state index in [1.54, 1.807) is 6.92 Å². The largest absolute Gasteiger partial charge is 0.330 e. The fourth-order valence-corrected chi connectivity index (χ4v) is 2.11. The van der Waals surface area contributed by atoms with Gasteiger partial charge in [-0.1, -0.05) is 36.4 Å². The van der Waals surface area contributed by atoms with Crippen molar-refractivity contribution < 1.29 is 4.39 Å². The minimum absolute atomic E-state index is 0.143. The van der Waals surface area contributed by atoms with Crippen LogP contribution in [0, 0.1) is 12.7 Å². The molecule has 0 amide bonds. The Labute approximate surface area is 107 Å². The SMILES string of the molecule is Cc1cc(Cc2cccc(CCN)c2)ccc1F. The number of benzene rings is 2. The summed E-state index contributed by atoms with van der Waals surface area (Å²) in [5.41, 5.74) is 9.90. The number of hydrogen-bond donors (Lipinski definition) is 1. The molecule has 2 heteroatoms. The van der Waals surface area contributed by atoms with Gasteiger partial charge in [0, 0.05) is 0 Å². The first kappa shape index (κ1) is 12.8. The van der Waals surface area contributed by atoms with Crippen LogP contribution in [0.2, 0.25) is 0 Å². The van der Waals surface area contributed by atoms with Gasteiger partial charge in [-0.2, -0.15) is 0 Å². The van der Waals surface area contributed by atoms with E-state index in [9.17, 15) is 4.39 Å². The molecule has 0 aromatic heterocycles. The van der Waals surface area contributed by atoms with Crippen LogP contribution in [0.4, 0.5) is 4.39 Å². The van der Waals surface area contributed by atoms with Crippen LogP contribution in [0.1, 0.15) is 22.3 Å². The molecule has 0 aliphatic rings. The van der Waals surface area contributed by atoms with E-state index < -0.39 is 0 Å². The molecule has 0 radical (unpaired) electrons. The van der Waals surface area contributed by atoms with Crippen molar-refractivity contribution in [3.63, 3.8) is 0 Å². The van der Waals surface area contributed by atoms with Gasteiger partial charge in [-0.3, -0.25) is 0 Å². The van der Waals surface area contributed by atoms with Crippen molar-refractivity contribution in [3.05, 3.63) is 70.5 Å². The van der Waals surface area contributed by atoms with Crippen LogP contribution >= 0.6 is 0 Å². The number of hydrogen-bond acceptors (Lipinski definition) is 1. The van der Waals surface area contributed by atoms with E-state index in [4.69, 9.17) is 5.73 Å². The quantitative estimate of drug-likeness (QED) is 0.876. The second-order valence-corrected chi connectivity index (χ2v) is 4.62. The smallest absolute Gasteiger partial charge is 0.126 e. The summed E-state index contributed by atoms with van der Waals surface area (Å²) in [4.78, 5) is 0. The third-order valence-corrected chi connectivity index (χ3v) is 3.06. The van der Waals surface area contributed by atoms with E-state index in [0.717, 1.165) is 18.4 Å². The third-order valence-electron chi connectivity index (χ3n) is 3.06. The van der Waals surface area contributed by atoms with Crippen LogP contribution in [0.5, 0.6) is 0 Å². The first-order chi connectivity index (χ1) is 8.69. The third kappa shape index (κ3) is 3.17. The summed E-state index contributed by atoms with van der Waals surface area (Å²) in [6.45, 7) is 2.46. The molecule has 0 bridgehead atoms. The van der Waals surface area contributed by atoms with Crippen LogP contribution < -0.4 is 5.73 Å². The Balaban J connectivity index is 2.17.